The van der Waals surface area contributed by atoms with Gasteiger partial charge in [-0.2, -0.15) is 0 Å². The Bertz CT molecular complexity index is 201. The highest BCUT2D eigenvalue weighted by molar-refractivity contribution is 4.83. The van der Waals surface area contributed by atoms with E-state index in [1.807, 2.05) is 0 Å². The number of hydrogen-bond acceptors (Lipinski definition) is 2. The van der Waals surface area contributed by atoms with Gasteiger partial charge in [0.2, 0.25) is 0 Å². The summed E-state index contributed by atoms with van der Waals surface area (Å²) in [5.41, 5.74) is 0. The summed E-state index contributed by atoms with van der Waals surface area (Å²) in [6.07, 6.45) is 11.3. The first-order valence-electron chi connectivity index (χ1n) is 7.84. The lowest BCUT2D eigenvalue weighted by Gasteiger charge is -2.33. The van der Waals surface area contributed by atoms with Crippen molar-refractivity contribution < 1.29 is 0 Å². The number of unbranched alkanes of at least 4 members (excludes halogenated alkanes) is 3. The first-order valence-corrected chi connectivity index (χ1v) is 7.84. The van der Waals surface area contributed by atoms with E-state index < -0.39 is 0 Å². The van der Waals surface area contributed by atoms with Crippen LogP contribution in [0.1, 0.15) is 58.3 Å². The molecule has 0 aromatic heterocycles. The minimum absolute atomic E-state index is 0.884. The molecule has 0 spiro atoms. The van der Waals surface area contributed by atoms with Gasteiger partial charge in [0.1, 0.15) is 0 Å². The number of hydrogen-bond donors (Lipinski definition) is 1. The van der Waals surface area contributed by atoms with Gasteiger partial charge in [-0.25, -0.2) is 0 Å². The maximum absolute atomic E-state index is 3.70. The third-order valence-electron chi connectivity index (χ3n) is 4.20. The van der Waals surface area contributed by atoms with Gasteiger partial charge in [-0.3, -0.25) is 0 Å². The molecule has 0 aromatic carbocycles. The largest absolute Gasteiger partial charge is 0.314 e. The number of nitrogens with zero attached hydrogens (tertiary/aromatic N) is 1. The van der Waals surface area contributed by atoms with E-state index in [1.54, 1.807) is 0 Å². The lowest BCUT2D eigenvalue weighted by molar-refractivity contribution is 0.169. The first-order chi connectivity index (χ1) is 8.38. The molecular weight excluding hydrogens is 208 g/mol. The summed E-state index contributed by atoms with van der Waals surface area (Å²) >= 11 is 0. The van der Waals surface area contributed by atoms with Crippen molar-refractivity contribution in [3.8, 4) is 0 Å². The Morgan fingerprint density at radius 2 is 2.00 bits per heavy atom. The fourth-order valence-corrected chi connectivity index (χ4v) is 2.90. The summed E-state index contributed by atoms with van der Waals surface area (Å²) in [6, 6.07) is 0.884. The van der Waals surface area contributed by atoms with Crippen molar-refractivity contribution in [3.63, 3.8) is 0 Å². The predicted molar refractivity (Wildman–Crippen MR) is 74.3 cm³/mol. The minimum Gasteiger partial charge on any atom is -0.314 e. The fraction of sp³-hybridized carbons (Fsp3) is 1.00. The second-order valence-corrected chi connectivity index (χ2v) is 6.05. The zero-order valence-electron chi connectivity index (χ0n) is 11.6. The average Bonchev–Trinajstić information content (AvgIpc) is 3.17. The molecule has 100 valence electrons. The van der Waals surface area contributed by atoms with Gasteiger partial charge in [0.25, 0.3) is 0 Å². The predicted octanol–water partition coefficient (Wildman–Crippen LogP) is 3.03. The lowest BCUT2D eigenvalue weighted by atomic mass is 9.97. The number of nitrogens with one attached hydrogen (secondary N) is 1. The van der Waals surface area contributed by atoms with Crippen molar-refractivity contribution in [2.45, 2.75) is 64.3 Å². The van der Waals surface area contributed by atoms with Crippen LogP contribution in [0.2, 0.25) is 0 Å². The van der Waals surface area contributed by atoms with Gasteiger partial charge in [0.05, 0.1) is 0 Å². The Kier molecular flexibility index (Phi) is 5.79. The molecule has 1 atom stereocenters. The summed E-state index contributed by atoms with van der Waals surface area (Å²) in [7, 11) is 0. The fourth-order valence-electron chi connectivity index (χ4n) is 2.90. The Labute approximate surface area is 107 Å². The van der Waals surface area contributed by atoms with Crippen LogP contribution < -0.4 is 5.32 Å². The zero-order valence-corrected chi connectivity index (χ0v) is 11.6. The third-order valence-corrected chi connectivity index (χ3v) is 4.20. The minimum atomic E-state index is 0.884. The highest BCUT2D eigenvalue weighted by Gasteiger charge is 2.24. The second kappa shape index (κ2) is 7.38. The number of rotatable bonds is 8. The first kappa shape index (κ1) is 13.4. The molecule has 2 nitrogen and oxygen atoms in total. The van der Waals surface area contributed by atoms with Gasteiger partial charge < -0.3 is 10.2 Å². The number of likely N-dealkylation sites (tertiary alicyclic amines) is 1. The standard InChI is InChI=1S/C15H30N2/c1-2-3-4-5-10-17-11-6-7-14(13-17)12-16-15-8-9-15/h14-16H,2-13H2,1H3. The molecule has 2 rings (SSSR count). The van der Waals surface area contributed by atoms with E-state index in [1.165, 1.54) is 77.5 Å². The Balaban J connectivity index is 1.55. The van der Waals surface area contributed by atoms with Gasteiger partial charge in [-0.15, -0.1) is 0 Å². The molecule has 1 saturated heterocycles. The molecule has 1 aliphatic carbocycles. The topological polar surface area (TPSA) is 15.3 Å². The lowest BCUT2D eigenvalue weighted by Crippen LogP contribution is -2.40. The Morgan fingerprint density at radius 1 is 1.12 bits per heavy atom. The van der Waals surface area contributed by atoms with E-state index in [0.29, 0.717) is 0 Å². The molecule has 2 aliphatic rings. The van der Waals surface area contributed by atoms with E-state index >= 15 is 0 Å². The summed E-state index contributed by atoms with van der Waals surface area (Å²) in [6.45, 7) is 7.62. The van der Waals surface area contributed by atoms with Gasteiger partial charge in [0, 0.05) is 12.6 Å². The molecule has 2 heteroatoms. The Hall–Kier alpha value is -0.0800. The highest BCUT2D eigenvalue weighted by Crippen LogP contribution is 2.21. The molecule has 0 bridgehead atoms. The van der Waals surface area contributed by atoms with Gasteiger partial charge in [0.15, 0.2) is 0 Å². The van der Waals surface area contributed by atoms with Crippen LogP contribution in [0, 0.1) is 5.92 Å². The van der Waals surface area contributed by atoms with E-state index in [9.17, 15) is 0 Å². The summed E-state index contributed by atoms with van der Waals surface area (Å²) < 4.78 is 0. The van der Waals surface area contributed by atoms with Gasteiger partial charge >= 0.3 is 0 Å². The van der Waals surface area contributed by atoms with Crippen LogP contribution in [0.5, 0.6) is 0 Å². The molecule has 0 aromatic rings. The molecule has 1 unspecified atom stereocenters. The third kappa shape index (κ3) is 5.39. The second-order valence-electron chi connectivity index (χ2n) is 6.05. The SMILES string of the molecule is CCCCCCN1CCCC(CNC2CC2)C1. The maximum atomic E-state index is 3.70. The quantitative estimate of drug-likeness (QED) is 0.654. The maximum Gasteiger partial charge on any atom is 0.00683 e. The van der Waals surface area contributed by atoms with Crippen molar-refractivity contribution in [2.75, 3.05) is 26.2 Å². The van der Waals surface area contributed by atoms with Crippen molar-refractivity contribution >= 4 is 0 Å². The highest BCUT2D eigenvalue weighted by atomic mass is 15.1. The smallest absolute Gasteiger partial charge is 0.00683 e. The molecule has 1 aliphatic heterocycles. The van der Waals surface area contributed by atoms with E-state index in [-0.39, 0.29) is 0 Å². The average molecular weight is 238 g/mol. The normalized spacial score (nSPS) is 26.3. The van der Waals surface area contributed by atoms with Gasteiger partial charge in [-0.05, 0) is 57.7 Å². The van der Waals surface area contributed by atoms with Crippen molar-refractivity contribution in [2.24, 2.45) is 5.92 Å². The monoisotopic (exact) mass is 238 g/mol. The molecular formula is C15H30N2. The molecule has 0 radical (unpaired) electrons. The van der Waals surface area contributed by atoms with Crippen LogP contribution in [0.4, 0.5) is 0 Å². The van der Waals surface area contributed by atoms with E-state index in [0.717, 1.165) is 12.0 Å². The molecule has 2 fully saturated rings. The summed E-state index contributed by atoms with van der Waals surface area (Å²) in [4.78, 5) is 2.71. The van der Waals surface area contributed by atoms with Crippen LogP contribution in [0.15, 0.2) is 0 Å². The molecule has 1 heterocycles. The zero-order chi connectivity index (χ0) is 11.9. The van der Waals surface area contributed by atoms with Crippen molar-refractivity contribution in [1.82, 2.24) is 10.2 Å². The number of piperidine rings is 1. The summed E-state index contributed by atoms with van der Waals surface area (Å²) in [5.74, 6) is 0.926. The van der Waals surface area contributed by atoms with Gasteiger partial charge in [-0.1, -0.05) is 26.2 Å². The summed E-state index contributed by atoms with van der Waals surface area (Å²) in [5, 5.41) is 3.70. The van der Waals surface area contributed by atoms with Crippen LogP contribution in [-0.4, -0.2) is 37.1 Å². The van der Waals surface area contributed by atoms with E-state index in [2.05, 4.69) is 17.1 Å². The Morgan fingerprint density at radius 3 is 2.76 bits per heavy atom. The van der Waals surface area contributed by atoms with Crippen LogP contribution in [-0.2, 0) is 0 Å². The van der Waals surface area contributed by atoms with Crippen molar-refractivity contribution in [3.05, 3.63) is 0 Å². The molecule has 1 saturated carbocycles. The van der Waals surface area contributed by atoms with E-state index in [4.69, 9.17) is 0 Å². The van der Waals surface area contributed by atoms with Crippen LogP contribution in [0.3, 0.4) is 0 Å². The van der Waals surface area contributed by atoms with Crippen molar-refractivity contribution in [1.29, 1.82) is 0 Å². The van der Waals surface area contributed by atoms with Crippen LogP contribution >= 0.6 is 0 Å². The molecule has 17 heavy (non-hydrogen) atoms. The molecule has 0 amide bonds. The molecule has 1 N–H and O–H groups in total. The van der Waals surface area contributed by atoms with Crippen LogP contribution in [0.25, 0.3) is 0 Å².